The lowest BCUT2D eigenvalue weighted by Gasteiger charge is -2.18. The van der Waals surface area contributed by atoms with E-state index in [4.69, 9.17) is 14.2 Å². The Morgan fingerprint density at radius 1 is 0.318 bits per heavy atom. The Morgan fingerprint density at radius 3 is 0.970 bits per heavy atom. The number of esters is 3. The van der Waals surface area contributed by atoms with Crippen molar-refractivity contribution in [1.82, 2.24) is 0 Å². The van der Waals surface area contributed by atoms with Gasteiger partial charge in [-0.2, -0.15) is 0 Å². The quantitative estimate of drug-likeness (QED) is 0.0262. The molecule has 66 heavy (non-hydrogen) atoms. The summed E-state index contributed by atoms with van der Waals surface area (Å²) in [6.45, 7) is 6.51. The fourth-order valence-corrected chi connectivity index (χ4v) is 8.28. The number of rotatable bonds is 52. The first-order chi connectivity index (χ1) is 32.5. The van der Waals surface area contributed by atoms with Crippen molar-refractivity contribution in [3.63, 3.8) is 0 Å². The number of allylic oxidation sites excluding steroid dienone is 8. The predicted molar refractivity (Wildman–Crippen MR) is 284 cm³/mol. The van der Waals surface area contributed by atoms with Crippen molar-refractivity contribution in [2.24, 2.45) is 0 Å². The number of carbonyl (C=O) groups is 3. The zero-order chi connectivity index (χ0) is 47.9. The van der Waals surface area contributed by atoms with Crippen molar-refractivity contribution in [3.8, 4) is 0 Å². The molecule has 384 valence electrons. The van der Waals surface area contributed by atoms with Crippen molar-refractivity contribution < 1.29 is 28.6 Å². The van der Waals surface area contributed by atoms with Gasteiger partial charge in [0.15, 0.2) is 6.10 Å². The molecule has 0 aliphatic rings. The van der Waals surface area contributed by atoms with Crippen LogP contribution >= 0.6 is 0 Å². The summed E-state index contributed by atoms with van der Waals surface area (Å²) >= 11 is 0. The van der Waals surface area contributed by atoms with Crippen LogP contribution in [-0.2, 0) is 28.6 Å². The number of hydrogen-bond acceptors (Lipinski definition) is 6. The number of unbranched alkanes of at least 4 members (excludes halogenated alkanes) is 33. The first-order valence-corrected chi connectivity index (χ1v) is 28.6. The lowest BCUT2D eigenvalue weighted by Crippen LogP contribution is -2.30. The van der Waals surface area contributed by atoms with Gasteiger partial charge in [0.05, 0.1) is 0 Å². The summed E-state index contributed by atoms with van der Waals surface area (Å²) in [5, 5.41) is 0. The largest absolute Gasteiger partial charge is 0.462 e. The molecule has 0 amide bonds. The standard InChI is InChI=1S/C60H108O6/c1-4-7-10-13-16-19-22-25-26-27-28-29-30-31-32-33-36-38-41-44-47-50-53-59(62)65-56-57(66-60(63)54-51-48-45-42-39-35-24-21-18-15-12-9-6-3)55-64-58(61)52-49-46-43-40-37-34-23-20-17-14-11-8-5-2/h9,12,18,20-21,23,35,39,57H,4-8,10-11,13-17,19,22,24-34,36-38,40-56H2,1-3H3/b12-9-,21-18-,23-20-,39-35-. The first-order valence-electron chi connectivity index (χ1n) is 28.6. The van der Waals surface area contributed by atoms with E-state index in [9.17, 15) is 14.4 Å². The molecule has 0 N–H and O–H groups in total. The molecule has 0 fully saturated rings. The third-order valence-electron chi connectivity index (χ3n) is 12.6. The fraction of sp³-hybridized carbons (Fsp3) is 0.817. The Bertz CT molecular complexity index is 1150. The van der Waals surface area contributed by atoms with E-state index in [1.165, 1.54) is 167 Å². The van der Waals surface area contributed by atoms with Crippen LogP contribution in [0.4, 0.5) is 0 Å². The summed E-state index contributed by atoms with van der Waals surface area (Å²) < 4.78 is 16.8. The SMILES string of the molecule is CC/C=C\C/C=C\C/C=C\CCCCCC(=O)OC(COC(=O)CCCCCCC/C=C\CCCCCC)COC(=O)CCCCCCCCCCCCCCCCCCCCCCCC. The Morgan fingerprint density at radius 2 is 0.591 bits per heavy atom. The highest BCUT2D eigenvalue weighted by Crippen LogP contribution is 2.17. The molecule has 0 saturated heterocycles. The van der Waals surface area contributed by atoms with Crippen molar-refractivity contribution in [2.75, 3.05) is 13.2 Å². The van der Waals surface area contributed by atoms with Gasteiger partial charge in [-0.3, -0.25) is 14.4 Å². The maximum Gasteiger partial charge on any atom is 0.306 e. The minimum Gasteiger partial charge on any atom is -0.462 e. The third kappa shape index (κ3) is 52.3. The average molecular weight is 926 g/mol. The first kappa shape index (κ1) is 63.4. The van der Waals surface area contributed by atoms with Crippen LogP contribution in [0.5, 0.6) is 0 Å². The van der Waals surface area contributed by atoms with Crippen LogP contribution in [0, 0.1) is 0 Å². The van der Waals surface area contributed by atoms with E-state index in [0.29, 0.717) is 19.3 Å². The molecule has 1 unspecified atom stereocenters. The number of ether oxygens (including phenoxy) is 3. The minimum atomic E-state index is -0.789. The summed E-state index contributed by atoms with van der Waals surface area (Å²) in [7, 11) is 0. The monoisotopic (exact) mass is 925 g/mol. The third-order valence-corrected chi connectivity index (χ3v) is 12.6. The highest BCUT2D eigenvalue weighted by atomic mass is 16.6. The second-order valence-electron chi connectivity index (χ2n) is 19.2. The van der Waals surface area contributed by atoms with Crippen molar-refractivity contribution in [2.45, 2.75) is 303 Å². The van der Waals surface area contributed by atoms with E-state index in [1.54, 1.807) is 0 Å². The summed E-state index contributed by atoms with van der Waals surface area (Å²) in [6, 6.07) is 0. The van der Waals surface area contributed by atoms with E-state index in [0.717, 1.165) is 89.9 Å². The molecule has 0 aromatic carbocycles. The summed E-state index contributed by atoms with van der Waals surface area (Å²) in [5.41, 5.74) is 0. The summed E-state index contributed by atoms with van der Waals surface area (Å²) in [5.74, 6) is -0.911. The molecule has 0 rings (SSSR count). The van der Waals surface area contributed by atoms with Crippen LogP contribution in [-0.4, -0.2) is 37.2 Å². The van der Waals surface area contributed by atoms with Crippen molar-refractivity contribution >= 4 is 17.9 Å². The zero-order valence-electron chi connectivity index (χ0n) is 44.0. The molecule has 0 aromatic rings. The Labute approximate surface area is 409 Å². The van der Waals surface area contributed by atoms with E-state index < -0.39 is 6.10 Å². The topological polar surface area (TPSA) is 78.9 Å². The van der Waals surface area contributed by atoms with Gasteiger partial charge in [0.25, 0.3) is 0 Å². The average Bonchev–Trinajstić information content (AvgIpc) is 3.31. The Balaban J connectivity index is 4.28. The van der Waals surface area contributed by atoms with Crippen LogP contribution in [0.3, 0.4) is 0 Å². The molecule has 0 aliphatic carbocycles. The summed E-state index contributed by atoms with van der Waals surface area (Å²) in [6.07, 6.45) is 66.9. The molecule has 0 aromatic heterocycles. The molecule has 1 atom stereocenters. The molecule has 0 bridgehead atoms. The van der Waals surface area contributed by atoms with Gasteiger partial charge in [0.2, 0.25) is 0 Å². The van der Waals surface area contributed by atoms with Crippen LogP contribution in [0.15, 0.2) is 48.6 Å². The molecule has 0 saturated carbocycles. The Hall–Kier alpha value is -2.63. The Kier molecular flexibility index (Phi) is 52.8. The normalized spacial score (nSPS) is 12.3. The van der Waals surface area contributed by atoms with Crippen LogP contribution in [0.2, 0.25) is 0 Å². The van der Waals surface area contributed by atoms with E-state index >= 15 is 0 Å². The van der Waals surface area contributed by atoms with Crippen LogP contribution < -0.4 is 0 Å². The second kappa shape index (κ2) is 55.0. The lowest BCUT2D eigenvalue weighted by atomic mass is 10.0. The molecular formula is C60H108O6. The zero-order valence-corrected chi connectivity index (χ0v) is 44.0. The van der Waals surface area contributed by atoms with Gasteiger partial charge in [0, 0.05) is 19.3 Å². The molecule has 0 aliphatic heterocycles. The molecule has 6 heteroatoms. The van der Waals surface area contributed by atoms with Gasteiger partial charge in [0.1, 0.15) is 13.2 Å². The summed E-state index contributed by atoms with van der Waals surface area (Å²) in [4.78, 5) is 38.1. The van der Waals surface area contributed by atoms with Crippen molar-refractivity contribution in [1.29, 1.82) is 0 Å². The smallest absolute Gasteiger partial charge is 0.306 e. The van der Waals surface area contributed by atoms with Gasteiger partial charge < -0.3 is 14.2 Å². The fourth-order valence-electron chi connectivity index (χ4n) is 8.28. The van der Waals surface area contributed by atoms with Crippen LogP contribution in [0.1, 0.15) is 297 Å². The van der Waals surface area contributed by atoms with Gasteiger partial charge in [-0.15, -0.1) is 0 Å². The predicted octanol–water partition coefficient (Wildman–Crippen LogP) is 19.0. The maximum absolute atomic E-state index is 12.8. The molecule has 0 spiro atoms. The molecular weight excluding hydrogens is 817 g/mol. The molecule has 0 radical (unpaired) electrons. The van der Waals surface area contributed by atoms with Gasteiger partial charge in [-0.1, -0.05) is 249 Å². The highest BCUT2D eigenvalue weighted by molar-refractivity contribution is 5.71. The van der Waals surface area contributed by atoms with E-state index in [2.05, 4.69) is 69.4 Å². The van der Waals surface area contributed by atoms with E-state index in [1.807, 2.05) is 0 Å². The minimum absolute atomic E-state index is 0.0848. The number of carbonyl (C=O) groups excluding carboxylic acids is 3. The lowest BCUT2D eigenvalue weighted by molar-refractivity contribution is -0.167. The molecule has 6 nitrogen and oxygen atoms in total. The maximum atomic E-state index is 12.8. The van der Waals surface area contributed by atoms with Gasteiger partial charge in [-0.25, -0.2) is 0 Å². The van der Waals surface area contributed by atoms with Gasteiger partial charge >= 0.3 is 17.9 Å². The van der Waals surface area contributed by atoms with E-state index in [-0.39, 0.29) is 31.1 Å². The number of hydrogen-bond donors (Lipinski definition) is 0. The van der Waals surface area contributed by atoms with Crippen molar-refractivity contribution in [3.05, 3.63) is 48.6 Å². The highest BCUT2D eigenvalue weighted by Gasteiger charge is 2.19. The second-order valence-corrected chi connectivity index (χ2v) is 19.2. The molecule has 0 heterocycles. The van der Waals surface area contributed by atoms with Crippen LogP contribution in [0.25, 0.3) is 0 Å². The van der Waals surface area contributed by atoms with Gasteiger partial charge in [-0.05, 0) is 77.0 Å².